The van der Waals surface area contributed by atoms with Gasteiger partial charge in [-0.3, -0.25) is 4.99 Å². The molecule has 0 bridgehead atoms. The molecule has 1 aromatic rings. The third kappa shape index (κ3) is 0.970. The maximum atomic E-state index is 4.51. The van der Waals surface area contributed by atoms with Gasteiger partial charge in [0.1, 0.15) is 0 Å². The van der Waals surface area contributed by atoms with Crippen LogP contribution in [0, 0.1) is 6.92 Å². The van der Waals surface area contributed by atoms with Crippen molar-refractivity contribution < 1.29 is 0 Å². The Morgan fingerprint density at radius 3 is 2.75 bits per heavy atom. The number of aliphatic imine (C=N–C) groups is 1. The van der Waals surface area contributed by atoms with Crippen molar-refractivity contribution in [3.8, 4) is 0 Å². The molecule has 2 rings (SSSR count). The zero-order valence-corrected chi connectivity index (χ0v) is 7.76. The van der Waals surface area contributed by atoms with Gasteiger partial charge in [-0.2, -0.15) is 0 Å². The minimum atomic E-state index is 0.361. The first-order valence-corrected chi connectivity index (χ1v) is 4.34. The van der Waals surface area contributed by atoms with Crippen LogP contribution in [-0.4, -0.2) is 5.71 Å². The summed E-state index contributed by atoms with van der Waals surface area (Å²) in [6.07, 6.45) is 0. The minimum absolute atomic E-state index is 0.361. The average molecular weight is 159 g/mol. The van der Waals surface area contributed by atoms with E-state index in [4.69, 9.17) is 0 Å². The molecule has 62 valence electrons. The van der Waals surface area contributed by atoms with E-state index in [2.05, 4.69) is 44.0 Å². The van der Waals surface area contributed by atoms with Gasteiger partial charge in [-0.05, 0) is 26.3 Å². The molecule has 0 fully saturated rings. The van der Waals surface area contributed by atoms with Crippen molar-refractivity contribution in [2.75, 3.05) is 0 Å². The number of rotatable bonds is 0. The molecule has 0 spiro atoms. The molecule has 1 aliphatic heterocycles. The molecule has 1 heteroatoms. The summed E-state index contributed by atoms with van der Waals surface area (Å²) in [6.45, 7) is 6.35. The molecule has 12 heavy (non-hydrogen) atoms. The van der Waals surface area contributed by atoms with Crippen molar-refractivity contribution in [2.24, 2.45) is 4.99 Å². The summed E-state index contributed by atoms with van der Waals surface area (Å²) in [4.78, 5) is 4.51. The van der Waals surface area contributed by atoms with E-state index in [1.165, 1.54) is 22.4 Å². The smallest absolute Gasteiger partial charge is 0.0730 e. The molecule has 0 saturated heterocycles. The number of nitrogens with zero attached hydrogens (tertiary/aromatic N) is 1. The van der Waals surface area contributed by atoms with E-state index in [1.54, 1.807) is 0 Å². The standard InChI is InChI=1S/C11H13N/c1-7-4-5-10-8(2)12-9(3)11(10)6-7/h4-6,9H,1-3H3. The van der Waals surface area contributed by atoms with Crippen molar-refractivity contribution in [3.05, 3.63) is 34.9 Å². The Balaban J connectivity index is 2.61. The summed E-state index contributed by atoms with van der Waals surface area (Å²) in [7, 11) is 0. The van der Waals surface area contributed by atoms with Crippen LogP contribution in [0.2, 0.25) is 0 Å². The molecule has 1 aromatic carbocycles. The number of fused-ring (bicyclic) bond motifs is 1. The number of aryl methyl sites for hydroxylation is 1. The van der Waals surface area contributed by atoms with Gasteiger partial charge in [-0.25, -0.2) is 0 Å². The van der Waals surface area contributed by atoms with Crippen LogP contribution in [0.15, 0.2) is 23.2 Å². The van der Waals surface area contributed by atoms with E-state index < -0.39 is 0 Å². The van der Waals surface area contributed by atoms with Crippen molar-refractivity contribution in [2.45, 2.75) is 26.8 Å². The van der Waals surface area contributed by atoms with Crippen molar-refractivity contribution in [1.29, 1.82) is 0 Å². The molecule has 1 unspecified atom stereocenters. The summed E-state index contributed by atoms with van der Waals surface area (Å²) in [6, 6.07) is 6.92. The fourth-order valence-electron chi connectivity index (χ4n) is 1.79. The Morgan fingerprint density at radius 1 is 1.25 bits per heavy atom. The highest BCUT2D eigenvalue weighted by molar-refractivity contribution is 6.02. The zero-order valence-electron chi connectivity index (χ0n) is 7.76. The van der Waals surface area contributed by atoms with Gasteiger partial charge in [0.2, 0.25) is 0 Å². The Bertz CT molecular complexity index is 350. The Kier molecular flexibility index (Phi) is 1.53. The van der Waals surface area contributed by atoms with E-state index in [9.17, 15) is 0 Å². The third-order valence-electron chi connectivity index (χ3n) is 2.43. The molecular formula is C11H13N. The largest absolute Gasteiger partial charge is 0.282 e. The van der Waals surface area contributed by atoms with Crippen LogP contribution in [0.1, 0.15) is 36.6 Å². The number of hydrogen-bond donors (Lipinski definition) is 0. The normalized spacial score (nSPS) is 20.6. The van der Waals surface area contributed by atoms with Crippen LogP contribution < -0.4 is 0 Å². The first-order chi connectivity index (χ1) is 5.68. The summed E-state index contributed by atoms with van der Waals surface area (Å²) < 4.78 is 0. The highest BCUT2D eigenvalue weighted by atomic mass is 14.8. The summed E-state index contributed by atoms with van der Waals surface area (Å²) in [5.74, 6) is 0. The van der Waals surface area contributed by atoms with Gasteiger partial charge in [0.05, 0.1) is 6.04 Å². The lowest BCUT2D eigenvalue weighted by Gasteiger charge is -2.03. The van der Waals surface area contributed by atoms with Crippen molar-refractivity contribution in [1.82, 2.24) is 0 Å². The maximum Gasteiger partial charge on any atom is 0.0730 e. The fraction of sp³-hybridized carbons (Fsp3) is 0.364. The molecule has 1 atom stereocenters. The van der Waals surface area contributed by atoms with E-state index in [0.29, 0.717) is 6.04 Å². The summed E-state index contributed by atoms with van der Waals surface area (Å²) in [5, 5.41) is 0. The van der Waals surface area contributed by atoms with Crippen LogP contribution >= 0.6 is 0 Å². The van der Waals surface area contributed by atoms with Gasteiger partial charge in [-0.15, -0.1) is 0 Å². The van der Waals surface area contributed by atoms with Crippen molar-refractivity contribution >= 4 is 5.71 Å². The van der Waals surface area contributed by atoms with E-state index in [1.807, 2.05) is 0 Å². The molecule has 0 aromatic heterocycles. The topological polar surface area (TPSA) is 12.4 Å². The lowest BCUT2D eigenvalue weighted by molar-refractivity contribution is 0.840. The third-order valence-corrected chi connectivity index (χ3v) is 2.43. The van der Waals surface area contributed by atoms with Gasteiger partial charge in [-0.1, -0.05) is 23.8 Å². The van der Waals surface area contributed by atoms with E-state index in [-0.39, 0.29) is 0 Å². The van der Waals surface area contributed by atoms with Gasteiger partial charge in [0.15, 0.2) is 0 Å². The number of hydrogen-bond acceptors (Lipinski definition) is 1. The highest BCUT2D eigenvalue weighted by Gasteiger charge is 2.17. The van der Waals surface area contributed by atoms with Crippen LogP contribution in [0.25, 0.3) is 0 Å². The van der Waals surface area contributed by atoms with E-state index >= 15 is 0 Å². The first-order valence-electron chi connectivity index (χ1n) is 4.34. The monoisotopic (exact) mass is 159 g/mol. The Hall–Kier alpha value is -1.11. The minimum Gasteiger partial charge on any atom is -0.282 e. The predicted molar refractivity (Wildman–Crippen MR) is 51.8 cm³/mol. The average Bonchev–Trinajstić information content (AvgIpc) is 2.28. The molecule has 1 nitrogen and oxygen atoms in total. The lowest BCUT2D eigenvalue weighted by atomic mass is 10.0. The van der Waals surface area contributed by atoms with Gasteiger partial charge in [0.25, 0.3) is 0 Å². The quantitative estimate of drug-likeness (QED) is 0.552. The number of benzene rings is 1. The van der Waals surface area contributed by atoms with Crippen LogP contribution in [0.3, 0.4) is 0 Å². The van der Waals surface area contributed by atoms with Crippen LogP contribution in [0.5, 0.6) is 0 Å². The fourth-order valence-corrected chi connectivity index (χ4v) is 1.79. The molecular weight excluding hydrogens is 146 g/mol. The van der Waals surface area contributed by atoms with Crippen molar-refractivity contribution in [3.63, 3.8) is 0 Å². The SMILES string of the molecule is CC1=NC(C)c2cc(C)ccc21. The van der Waals surface area contributed by atoms with Gasteiger partial charge < -0.3 is 0 Å². The molecule has 0 aliphatic carbocycles. The van der Waals surface area contributed by atoms with E-state index in [0.717, 1.165) is 0 Å². The second-order valence-corrected chi connectivity index (χ2v) is 3.48. The second kappa shape index (κ2) is 2.44. The van der Waals surface area contributed by atoms with Gasteiger partial charge in [0, 0.05) is 11.3 Å². The molecule has 1 aliphatic rings. The van der Waals surface area contributed by atoms with Gasteiger partial charge >= 0.3 is 0 Å². The Labute approximate surface area is 73.1 Å². The second-order valence-electron chi connectivity index (χ2n) is 3.48. The zero-order chi connectivity index (χ0) is 8.72. The highest BCUT2D eigenvalue weighted by Crippen LogP contribution is 2.29. The molecule has 0 N–H and O–H groups in total. The first kappa shape index (κ1) is 7.53. The molecule has 0 amide bonds. The summed E-state index contributed by atoms with van der Waals surface area (Å²) in [5.41, 5.74) is 5.21. The maximum absolute atomic E-state index is 4.51. The molecule has 0 radical (unpaired) electrons. The Morgan fingerprint density at radius 2 is 2.00 bits per heavy atom. The van der Waals surface area contributed by atoms with Crippen LogP contribution in [-0.2, 0) is 0 Å². The lowest BCUT2D eigenvalue weighted by Crippen LogP contribution is -1.92. The van der Waals surface area contributed by atoms with Crippen LogP contribution in [0.4, 0.5) is 0 Å². The molecule has 1 heterocycles. The predicted octanol–water partition coefficient (Wildman–Crippen LogP) is 2.88. The summed E-state index contributed by atoms with van der Waals surface area (Å²) >= 11 is 0. The molecule has 0 saturated carbocycles.